The topological polar surface area (TPSA) is 46.9 Å². The summed E-state index contributed by atoms with van der Waals surface area (Å²) in [6.45, 7) is 6.03. The van der Waals surface area contributed by atoms with Crippen LogP contribution in [0.15, 0.2) is 42.5 Å². The van der Waals surface area contributed by atoms with Gasteiger partial charge >= 0.3 is 0 Å². The minimum atomic E-state index is 0.307. The molecule has 3 rings (SSSR count). The quantitative estimate of drug-likeness (QED) is 0.878. The highest BCUT2D eigenvalue weighted by atomic mass is 16.3. The van der Waals surface area contributed by atoms with E-state index in [4.69, 9.17) is 0 Å². The van der Waals surface area contributed by atoms with Crippen molar-refractivity contribution in [1.29, 1.82) is 0 Å². The van der Waals surface area contributed by atoms with E-state index in [2.05, 4.69) is 22.8 Å². The number of benzene rings is 2. The molecule has 0 bridgehead atoms. The van der Waals surface area contributed by atoms with Gasteiger partial charge < -0.3 is 20.0 Å². The Morgan fingerprint density at radius 2 is 1.46 bits per heavy atom. The summed E-state index contributed by atoms with van der Waals surface area (Å²) in [4.78, 5) is 4.77. The lowest BCUT2D eigenvalue weighted by atomic mass is 10.0. The van der Waals surface area contributed by atoms with E-state index in [1.807, 2.05) is 18.2 Å². The zero-order valence-electron chi connectivity index (χ0n) is 14.3. The molecule has 128 valence electrons. The van der Waals surface area contributed by atoms with Crippen molar-refractivity contribution in [2.45, 2.75) is 26.2 Å². The molecule has 2 aromatic carbocycles. The van der Waals surface area contributed by atoms with Crippen molar-refractivity contribution in [2.24, 2.45) is 0 Å². The Hall–Kier alpha value is -2.36. The summed E-state index contributed by atoms with van der Waals surface area (Å²) in [6, 6.07) is 13.2. The minimum Gasteiger partial charge on any atom is -0.508 e. The van der Waals surface area contributed by atoms with Crippen LogP contribution < -0.4 is 9.80 Å². The first kappa shape index (κ1) is 16.5. The molecule has 0 atom stereocenters. The summed E-state index contributed by atoms with van der Waals surface area (Å²) in [5, 5.41) is 19.2. The van der Waals surface area contributed by atoms with Crippen LogP contribution in [-0.4, -0.2) is 36.4 Å². The van der Waals surface area contributed by atoms with Crippen molar-refractivity contribution in [3.05, 3.63) is 48.0 Å². The predicted molar refractivity (Wildman–Crippen MR) is 99.3 cm³/mol. The number of hydrogen-bond donors (Lipinski definition) is 2. The van der Waals surface area contributed by atoms with Crippen molar-refractivity contribution < 1.29 is 10.2 Å². The largest absolute Gasteiger partial charge is 0.508 e. The molecule has 0 aromatic heterocycles. The maximum atomic E-state index is 9.80. The van der Waals surface area contributed by atoms with E-state index in [0.717, 1.165) is 51.1 Å². The number of aromatic hydroxyl groups is 2. The molecule has 1 fully saturated rings. The molecule has 1 saturated heterocycles. The molecule has 1 aliphatic heterocycles. The monoisotopic (exact) mass is 326 g/mol. The molecule has 24 heavy (non-hydrogen) atoms. The second-order valence-electron chi connectivity index (χ2n) is 6.41. The molecule has 1 aliphatic rings. The first-order valence-electron chi connectivity index (χ1n) is 8.78. The van der Waals surface area contributed by atoms with Crippen molar-refractivity contribution in [3.63, 3.8) is 0 Å². The fourth-order valence-electron chi connectivity index (χ4n) is 3.32. The Labute approximate surface area is 144 Å². The summed E-state index contributed by atoms with van der Waals surface area (Å²) < 4.78 is 0. The van der Waals surface area contributed by atoms with E-state index < -0.39 is 0 Å². The van der Waals surface area contributed by atoms with Gasteiger partial charge in [-0.2, -0.15) is 0 Å². The Balaban J connectivity index is 1.69. The third-order valence-corrected chi connectivity index (χ3v) is 4.70. The second kappa shape index (κ2) is 7.47. The van der Waals surface area contributed by atoms with Gasteiger partial charge in [0.1, 0.15) is 11.5 Å². The van der Waals surface area contributed by atoms with Crippen molar-refractivity contribution in [3.8, 4) is 11.5 Å². The first-order chi connectivity index (χ1) is 11.7. The van der Waals surface area contributed by atoms with Gasteiger partial charge in [0.05, 0.1) is 0 Å². The third kappa shape index (κ3) is 3.75. The smallest absolute Gasteiger partial charge is 0.116 e. The summed E-state index contributed by atoms with van der Waals surface area (Å²) in [5.74, 6) is 0.662. The van der Waals surface area contributed by atoms with Gasteiger partial charge in [-0.05, 0) is 60.9 Å². The van der Waals surface area contributed by atoms with Crippen LogP contribution in [0.5, 0.6) is 11.5 Å². The Morgan fingerprint density at radius 1 is 0.833 bits per heavy atom. The lowest BCUT2D eigenvalue weighted by Crippen LogP contribution is -2.46. The average molecular weight is 326 g/mol. The van der Waals surface area contributed by atoms with Crippen LogP contribution in [0.1, 0.15) is 25.3 Å². The average Bonchev–Trinajstić information content (AvgIpc) is 2.61. The molecule has 2 aromatic rings. The van der Waals surface area contributed by atoms with E-state index in [0.29, 0.717) is 11.5 Å². The molecule has 0 aliphatic carbocycles. The Bertz CT molecular complexity index is 662. The molecule has 1 heterocycles. The number of hydrogen-bond acceptors (Lipinski definition) is 4. The molecule has 0 saturated carbocycles. The van der Waals surface area contributed by atoms with Gasteiger partial charge in [-0.25, -0.2) is 0 Å². The highest BCUT2D eigenvalue weighted by molar-refractivity contribution is 5.58. The molecule has 0 unspecified atom stereocenters. The van der Waals surface area contributed by atoms with Crippen LogP contribution in [0.25, 0.3) is 0 Å². The summed E-state index contributed by atoms with van der Waals surface area (Å²) >= 11 is 0. The molecule has 4 heteroatoms. The second-order valence-corrected chi connectivity index (χ2v) is 6.41. The molecular formula is C20H26N2O2. The molecule has 0 amide bonds. The standard InChI is InChI=1S/C20H26N2O2/c1-2-3-4-16-15-19(24)9-10-20(16)22-13-11-21(12-14-22)17-5-7-18(23)8-6-17/h5-10,15,23-24H,2-4,11-14H2,1H3. The van der Waals surface area contributed by atoms with Crippen LogP contribution in [0.2, 0.25) is 0 Å². The third-order valence-electron chi connectivity index (χ3n) is 4.70. The zero-order valence-corrected chi connectivity index (χ0v) is 14.3. The molecule has 2 N–H and O–H groups in total. The van der Waals surface area contributed by atoms with Crippen molar-refractivity contribution >= 4 is 11.4 Å². The predicted octanol–water partition coefficient (Wildman–Crippen LogP) is 3.77. The van der Waals surface area contributed by atoms with Crippen molar-refractivity contribution in [1.82, 2.24) is 0 Å². The number of phenolic OH excluding ortho intramolecular Hbond substituents is 2. The molecular weight excluding hydrogens is 300 g/mol. The fourth-order valence-corrected chi connectivity index (χ4v) is 3.32. The SMILES string of the molecule is CCCCc1cc(O)ccc1N1CCN(c2ccc(O)cc2)CC1. The first-order valence-corrected chi connectivity index (χ1v) is 8.78. The van der Waals surface area contributed by atoms with E-state index in [1.165, 1.54) is 11.3 Å². The number of rotatable bonds is 5. The summed E-state index contributed by atoms with van der Waals surface area (Å²) in [5.41, 5.74) is 3.66. The van der Waals surface area contributed by atoms with Gasteiger partial charge in [0.15, 0.2) is 0 Å². The normalized spacial score (nSPS) is 14.9. The fraction of sp³-hybridized carbons (Fsp3) is 0.400. The number of phenols is 2. The number of piperazine rings is 1. The van der Waals surface area contributed by atoms with Crippen LogP contribution in [0, 0.1) is 0 Å². The number of nitrogens with zero attached hydrogens (tertiary/aromatic N) is 2. The highest BCUT2D eigenvalue weighted by Crippen LogP contribution is 2.28. The van der Waals surface area contributed by atoms with Gasteiger partial charge in [0, 0.05) is 37.6 Å². The van der Waals surface area contributed by atoms with Crippen LogP contribution in [0.4, 0.5) is 11.4 Å². The van der Waals surface area contributed by atoms with E-state index in [9.17, 15) is 10.2 Å². The van der Waals surface area contributed by atoms with Gasteiger partial charge in [0.2, 0.25) is 0 Å². The van der Waals surface area contributed by atoms with E-state index in [-0.39, 0.29) is 0 Å². The van der Waals surface area contributed by atoms with Crippen LogP contribution >= 0.6 is 0 Å². The minimum absolute atomic E-state index is 0.307. The van der Waals surface area contributed by atoms with Crippen molar-refractivity contribution in [2.75, 3.05) is 36.0 Å². The number of anilines is 2. The molecule has 0 spiro atoms. The van der Waals surface area contributed by atoms with E-state index in [1.54, 1.807) is 18.2 Å². The lowest BCUT2D eigenvalue weighted by Gasteiger charge is -2.38. The van der Waals surface area contributed by atoms with Crippen LogP contribution in [-0.2, 0) is 6.42 Å². The zero-order chi connectivity index (χ0) is 16.9. The maximum Gasteiger partial charge on any atom is 0.116 e. The molecule has 0 radical (unpaired) electrons. The Morgan fingerprint density at radius 3 is 2.12 bits per heavy atom. The highest BCUT2D eigenvalue weighted by Gasteiger charge is 2.19. The van der Waals surface area contributed by atoms with Gasteiger partial charge in [-0.1, -0.05) is 13.3 Å². The Kier molecular flexibility index (Phi) is 5.14. The number of unbranched alkanes of at least 4 members (excludes halogenated alkanes) is 1. The van der Waals surface area contributed by atoms with Gasteiger partial charge in [-0.15, -0.1) is 0 Å². The van der Waals surface area contributed by atoms with Gasteiger partial charge in [0.25, 0.3) is 0 Å². The van der Waals surface area contributed by atoms with Crippen LogP contribution in [0.3, 0.4) is 0 Å². The summed E-state index contributed by atoms with van der Waals surface area (Å²) in [6.07, 6.45) is 3.31. The van der Waals surface area contributed by atoms with E-state index >= 15 is 0 Å². The molecule has 4 nitrogen and oxygen atoms in total. The van der Waals surface area contributed by atoms with Gasteiger partial charge in [-0.3, -0.25) is 0 Å². The summed E-state index contributed by atoms with van der Waals surface area (Å²) in [7, 11) is 0. The lowest BCUT2D eigenvalue weighted by molar-refractivity contribution is 0.474. The maximum absolute atomic E-state index is 9.80. The number of aryl methyl sites for hydroxylation is 1.